The summed E-state index contributed by atoms with van der Waals surface area (Å²) in [5.74, 6) is -12.7. The number of carbonyl (C=O) groups excluding carboxylic acids is 6. The Labute approximate surface area is 358 Å². The Morgan fingerprint density at radius 3 is 1.06 bits per heavy atom. The first kappa shape index (κ1) is 44.0. The maximum Gasteiger partial charge on any atom is 0.348 e. The van der Waals surface area contributed by atoms with Crippen LogP contribution in [0.3, 0.4) is 0 Å². The molecule has 0 bridgehead atoms. The molecule has 2 unspecified atom stereocenters. The van der Waals surface area contributed by atoms with E-state index in [1.54, 1.807) is 0 Å². The van der Waals surface area contributed by atoms with Crippen LogP contribution in [0.2, 0.25) is 0 Å². The molecule has 16 heteroatoms. The van der Waals surface area contributed by atoms with Gasteiger partial charge in [0.15, 0.2) is 11.6 Å². The SMILES string of the molecule is CC1CC(C)(C)CC2(C1)OC(=O)C(=C/C=C/C=C/C1=C([O-])OC3(CCC4(CC3)OC(=O)C(/C=C/C=C/C=C3C(=O)OC5(CC(C)CC(C)(C)C5)OC3=O)=C([O-])O4)OC1=O)C(=O)O2. The first-order chi connectivity index (χ1) is 29.0. The highest BCUT2D eigenvalue weighted by atomic mass is 16.8. The van der Waals surface area contributed by atoms with Crippen molar-refractivity contribution in [2.24, 2.45) is 22.7 Å². The molecule has 4 spiro atoms. The van der Waals surface area contributed by atoms with Crippen molar-refractivity contribution in [3.8, 4) is 0 Å². The van der Waals surface area contributed by atoms with Crippen molar-refractivity contribution in [2.75, 3.05) is 0 Å². The molecule has 2 atom stereocenters. The Hall–Kier alpha value is -6.06. The van der Waals surface area contributed by atoms with Crippen LogP contribution in [0.4, 0.5) is 0 Å². The fourth-order valence-corrected chi connectivity index (χ4v) is 10.1. The molecular weight excluding hydrogens is 808 g/mol. The van der Waals surface area contributed by atoms with E-state index in [4.69, 9.17) is 37.9 Å². The molecular formula is C46H50O16-2. The molecule has 332 valence electrons. The minimum absolute atomic E-state index is 0.148. The third-order valence-corrected chi connectivity index (χ3v) is 11.9. The predicted molar refractivity (Wildman–Crippen MR) is 208 cm³/mol. The lowest BCUT2D eigenvalue weighted by Crippen LogP contribution is -2.54. The largest absolute Gasteiger partial charge is 0.574 e. The van der Waals surface area contributed by atoms with Crippen molar-refractivity contribution in [2.45, 2.75) is 129 Å². The second kappa shape index (κ2) is 16.0. The normalized spacial score (nSPS) is 31.6. The first-order valence-corrected chi connectivity index (χ1v) is 20.8. The molecule has 5 fully saturated rings. The van der Waals surface area contributed by atoms with E-state index in [1.807, 2.05) is 41.5 Å². The topological polar surface area (TPSA) is 222 Å². The molecule has 3 saturated carbocycles. The van der Waals surface area contributed by atoms with E-state index in [2.05, 4.69) is 0 Å². The van der Waals surface area contributed by atoms with Crippen LogP contribution in [-0.4, -0.2) is 59.0 Å². The predicted octanol–water partition coefficient (Wildman–Crippen LogP) is 4.61. The van der Waals surface area contributed by atoms with Gasteiger partial charge in [0.2, 0.25) is 0 Å². The van der Waals surface area contributed by atoms with Crippen LogP contribution in [0.5, 0.6) is 0 Å². The van der Waals surface area contributed by atoms with Gasteiger partial charge < -0.3 is 48.1 Å². The lowest BCUT2D eigenvalue weighted by Gasteiger charge is -2.53. The smallest absolute Gasteiger partial charge is 0.348 e. The van der Waals surface area contributed by atoms with Gasteiger partial charge in [0.1, 0.15) is 11.1 Å². The highest BCUT2D eigenvalue weighted by Gasteiger charge is 2.54. The van der Waals surface area contributed by atoms with Crippen molar-refractivity contribution >= 4 is 35.8 Å². The second-order valence-corrected chi connectivity index (χ2v) is 18.9. The van der Waals surface area contributed by atoms with E-state index in [0.29, 0.717) is 25.7 Å². The molecule has 0 amide bonds. The third kappa shape index (κ3) is 9.24. The Bertz CT molecular complexity index is 2000. The van der Waals surface area contributed by atoms with E-state index >= 15 is 0 Å². The molecule has 4 heterocycles. The quantitative estimate of drug-likeness (QED) is 0.117. The highest BCUT2D eigenvalue weighted by Crippen LogP contribution is 2.50. The van der Waals surface area contributed by atoms with Gasteiger partial charge in [-0.05, 0) is 59.8 Å². The van der Waals surface area contributed by atoms with Gasteiger partial charge in [-0.25, -0.2) is 28.8 Å². The van der Waals surface area contributed by atoms with Crippen LogP contribution in [0.25, 0.3) is 0 Å². The zero-order valence-electron chi connectivity index (χ0n) is 35.5. The zero-order chi connectivity index (χ0) is 44.9. The molecule has 4 aliphatic heterocycles. The Morgan fingerprint density at radius 1 is 0.435 bits per heavy atom. The van der Waals surface area contributed by atoms with Gasteiger partial charge in [-0.1, -0.05) is 78.0 Å². The molecule has 0 N–H and O–H groups in total. The minimum atomic E-state index is -1.69. The van der Waals surface area contributed by atoms with Crippen LogP contribution in [0.15, 0.2) is 94.9 Å². The summed E-state index contributed by atoms with van der Waals surface area (Å²) in [7, 11) is 0. The summed E-state index contributed by atoms with van der Waals surface area (Å²) in [6, 6.07) is 0. The van der Waals surface area contributed by atoms with Gasteiger partial charge in [0, 0.05) is 51.4 Å². The average Bonchev–Trinajstić information content (AvgIpc) is 3.11. The zero-order valence-corrected chi connectivity index (χ0v) is 35.5. The second-order valence-electron chi connectivity index (χ2n) is 18.9. The summed E-state index contributed by atoms with van der Waals surface area (Å²) in [5.41, 5.74) is -1.80. The molecule has 7 rings (SSSR count). The lowest BCUT2D eigenvalue weighted by atomic mass is 9.69. The number of ether oxygens (including phenoxy) is 8. The molecule has 7 aliphatic rings. The summed E-state index contributed by atoms with van der Waals surface area (Å²) in [5, 5.41) is 25.9. The number of hydrogen-bond donors (Lipinski definition) is 0. The summed E-state index contributed by atoms with van der Waals surface area (Å²) in [6.07, 6.45) is 15.7. The van der Waals surface area contributed by atoms with Gasteiger partial charge in [-0.2, -0.15) is 0 Å². The molecule has 0 radical (unpaired) electrons. The number of carbonyl (C=O) groups is 6. The monoisotopic (exact) mass is 858 g/mol. The number of hydrogen-bond acceptors (Lipinski definition) is 16. The Kier molecular flexibility index (Phi) is 11.4. The number of esters is 6. The summed E-state index contributed by atoms with van der Waals surface area (Å²) in [4.78, 5) is 77.2. The van der Waals surface area contributed by atoms with E-state index in [1.165, 1.54) is 48.6 Å². The van der Waals surface area contributed by atoms with Crippen LogP contribution in [-0.2, 0) is 66.7 Å². The minimum Gasteiger partial charge on any atom is -0.574 e. The van der Waals surface area contributed by atoms with Crippen molar-refractivity contribution in [1.82, 2.24) is 0 Å². The maximum atomic E-state index is 13.0. The van der Waals surface area contributed by atoms with Crippen molar-refractivity contribution < 1.29 is 76.9 Å². The fourth-order valence-electron chi connectivity index (χ4n) is 10.1. The van der Waals surface area contributed by atoms with E-state index in [0.717, 1.165) is 25.0 Å². The summed E-state index contributed by atoms with van der Waals surface area (Å²) >= 11 is 0. The van der Waals surface area contributed by atoms with Gasteiger partial charge in [-0.3, -0.25) is 0 Å². The lowest BCUT2D eigenvalue weighted by molar-refractivity contribution is -0.422. The van der Waals surface area contributed by atoms with Crippen molar-refractivity contribution in [1.29, 1.82) is 0 Å². The van der Waals surface area contributed by atoms with Crippen molar-refractivity contribution in [3.05, 3.63) is 94.9 Å². The number of rotatable bonds is 6. The van der Waals surface area contributed by atoms with Crippen LogP contribution in [0.1, 0.15) is 106 Å². The molecule has 0 aromatic rings. The van der Waals surface area contributed by atoms with Crippen molar-refractivity contribution in [3.63, 3.8) is 0 Å². The highest BCUT2D eigenvalue weighted by molar-refractivity contribution is 6.16. The van der Waals surface area contributed by atoms with Gasteiger partial charge in [0.05, 0.1) is 23.0 Å². The number of allylic oxidation sites excluding steroid dienone is 8. The van der Waals surface area contributed by atoms with Gasteiger partial charge >= 0.3 is 35.8 Å². The molecule has 16 nitrogen and oxygen atoms in total. The Morgan fingerprint density at radius 2 is 0.758 bits per heavy atom. The molecule has 3 aliphatic carbocycles. The van der Waals surface area contributed by atoms with Crippen LogP contribution < -0.4 is 10.2 Å². The van der Waals surface area contributed by atoms with Gasteiger partial charge in [-0.15, -0.1) is 0 Å². The molecule has 62 heavy (non-hydrogen) atoms. The van der Waals surface area contributed by atoms with Gasteiger partial charge in [0.25, 0.3) is 11.6 Å². The summed E-state index contributed by atoms with van der Waals surface area (Å²) < 4.78 is 44.7. The molecule has 0 aromatic heterocycles. The van der Waals surface area contributed by atoms with Crippen LogP contribution >= 0.6 is 0 Å². The maximum absolute atomic E-state index is 13.0. The van der Waals surface area contributed by atoms with Crippen LogP contribution in [0, 0.1) is 22.7 Å². The van der Waals surface area contributed by atoms with E-state index in [9.17, 15) is 39.0 Å². The van der Waals surface area contributed by atoms with E-state index in [-0.39, 0.29) is 59.5 Å². The fraction of sp³-hybridized carbons (Fsp3) is 0.522. The molecule has 0 aromatic carbocycles. The van der Waals surface area contributed by atoms with E-state index < -0.39 is 82.0 Å². The summed E-state index contributed by atoms with van der Waals surface area (Å²) in [6.45, 7) is 12.2. The molecule has 2 saturated heterocycles. The standard InChI is InChI=1S/C46H52O16/c1-27-21-41(3,4)25-45(23-27)59-37(51)31(38(52)60-45)15-11-7-9-13-29-33(47)55-43(56-34(29)48)17-19-44(20-18-43)57-35(49)30(36(50)58-44)14-10-8-12-16-32-39(53)61-46(62-40(32)54)24-28(2)22-42(5,6)26-46/h7-16,27-28,47,49H,17-26H2,1-6H3/p-2/b11-7+,12-8+,13-9+,14-10+,31-15?,32-16?. The first-order valence-electron chi connectivity index (χ1n) is 20.8. The average molecular weight is 859 g/mol. The third-order valence-electron chi connectivity index (χ3n) is 11.9. The Balaban J connectivity index is 0.911.